The second-order valence-electron chi connectivity index (χ2n) is 5.07. The van der Waals surface area contributed by atoms with Gasteiger partial charge in [-0.25, -0.2) is 4.39 Å². The number of rotatable bonds is 4. The molecule has 0 radical (unpaired) electrons. The summed E-state index contributed by atoms with van der Waals surface area (Å²) in [6.07, 6.45) is 1.92. The lowest BCUT2D eigenvalue weighted by molar-refractivity contribution is 0.563. The van der Waals surface area contributed by atoms with Crippen molar-refractivity contribution in [1.29, 1.82) is 5.26 Å². The Kier molecular flexibility index (Phi) is 4.21. The minimum absolute atomic E-state index is 0.0517. The molecule has 4 heteroatoms. The van der Waals surface area contributed by atoms with Crippen molar-refractivity contribution in [2.45, 2.75) is 26.4 Å². The largest absolute Gasteiger partial charge is 0.342 e. The SMILES string of the molecule is Cc1ccc(C(C)NCc2cc(C#N)n(C)c2)cc1F. The first-order valence-corrected chi connectivity index (χ1v) is 6.56. The Balaban J connectivity index is 2.02. The Morgan fingerprint density at radius 1 is 1.40 bits per heavy atom. The molecule has 0 saturated heterocycles. The van der Waals surface area contributed by atoms with Gasteiger partial charge < -0.3 is 9.88 Å². The fourth-order valence-corrected chi connectivity index (χ4v) is 2.11. The highest BCUT2D eigenvalue weighted by Crippen LogP contribution is 2.17. The van der Waals surface area contributed by atoms with Crippen LogP contribution >= 0.6 is 0 Å². The molecule has 1 unspecified atom stereocenters. The summed E-state index contributed by atoms with van der Waals surface area (Å²) in [6, 6.07) is 9.33. The fraction of sp³-hybridized carbons (Fsp3) is 0.312. The molecular formula is C16H18FN3. The second kappa shape index (κ2) is 5.89. The monoisotopic (exact) mass is 271 g/mol. The Morgan fingerprint density at radius 3 is 2.75 bits per heavy atom. The topological polar surface area (TPSA) is 40.8 Å². The highest BCUT2D eigenvalue weighted by Gasteiger charge is 2.08. The molecule has 0 spiro atoms. The zero-order valence-corrected chi connectivity index (χ0v) is 11.9. The summed E-state index contributed by atoms with van der Waals surface area (Å²) in [5.74, 6) is -0.178. The molecule has 0 saturated carbocycles. The molecule has 0 aliphatic rings. The lowest BCUT2D eigenvalue weighted by atomic mass is 10.1. The molecule has 20 heavy (non-hydrogen) atoms. The van der Waals surface area contributed by atoms with Gasteiger partial charge in [-0.2, -0.15) is 5.26 Å². The summed E-state index contributed by atoms with van der Waals surface area (Å²) in [6.45, 7) is 4.40. The molecular weight excluding hydrogens is 253 g/mol. The van der Waals surface area contributed by atoms with Crippen LogP contribution in [0, 0.1) is 24.1 Å². The van der Waals surface area contributed by atoms with Crippen LogP contribution in [0.3, 0.4) is 0 Å². The molecule has 0 aliphatic carbocycles. The first-order valence-electron chi connectivity index (χ1n) is 6.56. The molecule has 1 atom stereocenters. The van der Waals surface area contributed by atoms with E-state index in [2.05, 4.69) is 11.4 Å². The van der Waals surface area contributed by atoms with Crippen LogP contribution in [0.1, 0.15) is 35.3 Å². The highest BCUT2D eigenvalue weighted by atomic mass is 19.1. The molecule has 0 bridgehead atoms. The Morgan fingerprint density at radius 2 is 2.15 bits per heavy atom. The summed E-state index contributed by atoms with van der Waals surface area (Å²) < 4.78 is 15.3. The number of benzene rings is 1. The van der Waals surface area contributed by atoms with Crippen LogP contribution in [0.15, 0.2) is 30.5 Å². The Bertz CT molecular complexity index is 652. The summed E-state index contributed by atoms with van der Waals surface area (Å²) in [4.78, 5) is 0. The number of hydrogen-bond acceptors (Lipinski definition) is 2. The van der Waals surface area contributed by atoms with Crippen LogP contribution in [-0.4, -0.2) is 4.57 Å². The van der Waals surface area contributed by atoms with Gasteiger partial charge in [-0.05, 0) is 42.7 Å². The minimum Gasteiger partial charge on any atom is -0.342 e. The lowest BCUT2D eigenvalue weighted by Crippen LogP contribution is -2.18. The van der Waals surface area contributed by atoms with E-state index in [1.165, 1.54) is 0 Å². The van der Waals surface area contributed by atoms with E-state index in [0.717, 1.165) is 11.1 Å². The minimum atomic E-state index is -0.178. The van der Waals surface area contributed by atoms with Crippen LogP contribution < -0.4 is 5.32 Å². The summed E-state index contributed by atoms with van der Waals surface area (Å²) in [5.41, 5.74) is 3.26. The van der Waals surface area contributed by atoms with E-state index in [-0.39, 0.29) is 11.9 Å². The summed E-state index contributed by atoms with van der Waals surface area (Å²) in [7, 11) is 1.85. The molecule has 0 fully saturated rings. The molecule has 1 heterocycles. The van der Waals surface area contributed by atoms with E-state index >= 15 is 0 Å². The van der Waals surface area contributed by atoms with Gasteiger partial charge in [0.25, 0.3) is 0 Å². The van der Waals surface area contributed by atoms with Crippen molar-refractivity contribution in [3.63, 3.8) is 0 Å². The van der Waals surface area contributed by atoms with Crippen LogP contribution in [0.25, 0.3) is 0 Å². The third-order valence-electron chi connectivity index (χ3n) is 3.48. The van der Waals surface area contributed by atoms with Gasteiger partial charge in [0, 0.05) is 25.8 Å². The van der Waals surface area contributed by atoms with Gasteiger partial charge in [-0.3, -0.25) is 0 Å². The second-order valence-corrected chi connectivity index (χ2v) is 5.07. The molecule has 1 N–H and O–H groups in total. The van der Waals surface area contributed by atoms with Crippen LogP contribution in [0.2, 0.25) is 0 Å². The third kappa shape index (κ3) is 3.06. The van der Waals surface area contributed by atoms with Gasteiger partial charge in [0.15, 0.2) is 0 Å². The van der Waals surface area contributed by atoms with Crippen molar-refractivity contribution >= 4 is 0 Å². The number of nitrogens with one attached hydrogen (secondary N) is 1. The van der Waals surface area contributed by atoms with Crippen molar-refractivity contribution in [3.8, 4) is 6.07 Å². The predicted molar refractivity (Wildman–Crippen MR) is 76.5 cm³/mol. The zero-order chi connectivity index (χ0) is 14.7. The van der Waals surface area contributed by atoms with E-state index in [0.29, 0.717) is 17.8 Å². The van der Waals surface area contributed by atoms with Crippen molar-refractivity contribution in [2.24, 2.45) is 7.05 Å². The predicted octanol–water partition coefficient (Wildman–Crippen LogP) is 3.20. The fourth-order valence-electron chi connectivity index (χ4n) is 2.11. The van der Waals surface area contributed by atoms with E-state index in [9.17, 15) is 4.39 Å². The summed E-state index contributed by atoms with van der Waals surface area (Å²) in [5, 5.41) is 12.2. The third-order valence-corrected chi connectivity index (χ3v) is 3.48. The number of nitrogens with zero attached hydrogens (tertiary/aromatic N) is 2. The molecule has 3 nitrogen and oxygen atoms in total. The first-order chi connectivity index (χ1) is 9.51. The van der Waals surface area contributed by atoms with Gasteiger partial charge in [0.1, 0.15) is 17.6 Å². The number of halogens is 1. The van der Waals surface area contributed by atoms with E-state index < -0.39 is 0 Å². The van der Waals surface area contributed by atoms with Crippen LogP contribution in [0.4, 0.5) is 4.39 Å². The van der Waals surface area contributed by atoms with Crippen molar-refractivity contribution < 1.29 is 4.39 Å². The molecule has 0 amide bonds. The number of aromatic nitrogens is 1. The number of aryl methyl sites for hydroxylation is 2. The maximum atomic E-state index is 13.5. The highest BCUT2D eigenvalue weighted by molar-refractivity contribution is 5.29. The van der Waals surface area contributed by atoms with Gasteiger partial charge >= 0.3 is 0 Å². The lowest BCUT2D eigenvalue weighted by Gasteiger charge is -2.14. The standard InChI is InChI=1S/C16H18FN3/c1-11-4-5-14(7-16(11)17)12(2)19-9-13-6-15(8-18)20(3)10-13/h4-7,10,12,19H,9H2,1-3H3. The van der Waals surface area contributed by atoms with Crippen LogP contribution in [-0.2, 0) is 13.6 Å². The van der Waals surface area contributed by atoms with Crippen molar-refractivity contribution in [3.05, 3.63) is 58.7 Å². The smallest absolute Gasteiger partial charge is 0.126 e. The van der Waals surface area contributed by atoms with Gasteiger partial charge in [0.2, 0.25) is 0 Å². The number of nitriles is 1. The van der Waals surface area contributed by atoms with Gasteiger partial charge in [-0.1, -0.05) is 12.1 Å². The first kappa shape index (κ1) is 14.3. The molecule has 104 valence electrons. The molecule has 2 aromatic rings. The Hall–Kier alpha value is -2.12. The molecule has 1 aromatic heterocycles. The summed E-state index contributed by atoms with van der Waals surface area (Å²) >= 11 is 0. The maximum Gasteiger partial charge on any atom is 0.126 e. The average Bonchev–Trinajstić information content (AvgIpc) is 2.79. The maximum absolute atomic E-state index is 13.5. The van der Waals surface area contributed by atoms with Crippen molar-refractivity contribution in [1.82, 2.24) is 9.88 Å². The van der Waals surface area contributed by atoms with Crippen LogP contribution in [0.5, 0.6) is 0 Å². The zero-order valence-electron chi connectivity index (χ0n) is 11.9. The molecule has 2 rings (SSSR count). The van der Waals surface area contributed by atoms with E-state index in [1.54, 1.807) is 23.6 Å². The quantitative estimate of drug-likeness (QED) is 0.927. The van der Waals surface area contributed by atoms with E-state index in [1.807, 2.05) is 32.3 Å². The van der Waals surface area contributed by atoms with Gasteiger partial charge in [-0.15, -0.1) is 0 Å². The molecule has 1 aromatic carbocycles. The normalized spacial score (nSPS) is 12.2. The van der Waals surface area contributed by atoms with Gasteiger partial charge in [0.05, 0.1) is 0 Å². The number of hydrogen-bond donors (Lipinski definition) is 1. The molecule has 0 aliphatic heterocycles. The van der Waals surface area contributed by atoms with E-state index in [4.69, 9.17) is 5.26 Å². The Labute approximate surface area is 118 Å². The van der Waals surface area contributed by atoms with Crippen molar-refractivity contribution in [2.75, 3.05) is 0 Å². The average molecular weight is 271 g/mol.